The van der Waals surface area contributed by atoms with Gasteiger partial charge < -0.3 is 9.73 Å². The molecule has 1 heterocycles. The van der Waals surface area contributed by atoms with Crippen LogP contribution >= 0.6 is 0 Å². The Hall–Kier alpha value is -1.61. The number of rotatable bonds is 4. The van der Waals surface area contributed by atoms with E-state index in [9.17, 15) is 4.39 Å². The Labute approximate surface area is 100 Å². The molecule has 0 aliphatic heterocycles. The van der Waals surface area contributed by atoms with Crippen molar-refractivity contribution in [3.63, 3.8) is 0 Å². The molecule has 1 N–H and O–H groups in total. The summed E-state index contributed by atoms with van der Waals surface area (Å²) in [6.07, 6.45) is 1.64. The molecule has 1 unspecified atom stereocenters. The van der Waals surface area contributed by atoms with Crippen LogP contribution in [0, 0.1) is 5.82 Å². The Bertz CT molecular complexity index is 467. The van der Waals surface area contributed by atoms with E-state index in [-0.39, 0.29) is 17.9 Å². The van der Waals surface area contributed by atoms with Crippen LogP contribution in [0.2, 0.25) is 0 Å². The zero-order valence-electron chi connectivity index (χ0n) is 9.98. The maximum atomic E-state index is 13.6. The summed E-state index contributed by atoms with van der Waals surface area (Å²) < 4.78 is 18.9. The van der Waals surface area contributed by atoms with Crippen molar-refractivity contribution >= 4 is 0 Å². The van der Waals surface area contributed by atoms with Crippen molar-refractivity contribution in [2.45, 2.75) is 25.9 Å². The quantitative estimate of drug-likeness (QED) is 0.868. The maximum Gasteiger partial charge on any atom is 0.127 e. The lowest BCUT2D eigenvalue weighted by Crippen LogP contribution is -2.22. The molecule has 1 aromatic carbocycles. The second-order valence-corrected chi connectivity index (χ2v) is 4.15. The molecule has 90 valence electrons. The first-order chi connectivity index (χ1) is 8.18. The molecule has 0 amide bonds. The van der Waals surface area contributed by atoms with Gasteiger partial charge in [-0.2, -0.15) is 0 Å². The molecule has 2 aromatic rings. The summed E-state index contributed by atoms with van der Waals surface area (Å²) in [5.41, 5.74) is 0.672. The van der Waals surface area contributed by atoms with Crippen LogP contribution in [-0.4, -0.2) is 0 Å². The summed E-state index contributed by atoms with van der Waals surface area (Å²) in [7, 11) is 0. The smallest absolute Gasteiger partial charge is 0.127 e. The minimum atomic E-state index is -0.181. The van der Waals surface area contributed by atoms with E-state index in [0.717, 1.165) is 5.76 Å². The van der Waals surface area contributed by atoms with Crippen molar-refractivity contribution in [2.24, 2.45) is 0 Å². The first-order valence-electron chi connectivity index (χ1n) is 5.72. The molecule has 1 aromatic heterocycles. The summed E-state index contributed by atoms with van der Waals surface area (Å²) in [6, 6.07) is 10.6. The van der Waals surface area contributed by atoms with Crippen LogP contribution < -0.4 is 5.32 Å². The highest BCUT2D eigenvalue weighted by atomic mass is 19.1. The van der Waals surface area contributed by atoms with E-state index in [2.05, 4.69) is 5.32 Å². The van der Waals surface area contributed by atoms with Gasteiger partial charge in [0.2, 0.25) is 0 Å². The standard InChI is InChI=1S/C14H16FNO/c1-10(12-6-3-4-7-13(12)15)16-11(2)14-8-5-9-17-14/h3-11,16H,1-2H3/t10?,11-/m1/s1. The van der Waals surface area contributed by atoms with Crippen LogP contribution in [0.1, 0.15) is 37.3 Å². The predicted molar refractivity (Wildman–Crippen MR) is 65.1 cm³/mol. The topological polar surface area (TPSA) is 25.2 Å². The molecule has 2 atom stereocenters. The van der Waals surface area contributed by atoms with Gasteiger partial charge in [-0.1, -0.05) is 18.2 Å². The van der Waals surface area contributed by atoms with Gasteiger partial charge in [0.15, 0.2) is 0 Å². The van der Waals surface area contributed by atoms with Gasteiger partial charge in [0.1, 0.15) is 11.6 Å². The van der Waals surface area contributed by atoms with Gasteiger partial charge in [-0.25, -0.2) is 4.39 Å². The van der Waals surface area contributed by atoms with E-state index in [4.69, 9.17) is 4.42 Å². The largest absolute Gasteiger partial charge is 0.468 e. The van der Waals surface area contributed by atoms with E-state index < -0.39 is 0 Å². The zero-order valence-corrected chi connectivity index (χ0v) is 9.98. The monoisotopic (exact) mass is 233 g/mol. The summed E-state index contributed by atoms with van der Waals surface area (Å²) in [6.45, 7) is 3.94. The Morgan fingerprint density at radius 2 is 1.82 bits per heavy atom. The number of hydrogen-bond donors (Lipinski definition) is 1. The molecule has 0 bridgehead atoms. The molecular formula is C14H16FNO. The number of furan rings is 1. The third kappa shape index (κ3) is 2.74. The van der Waals surface area contributed by atoms with E-state index in [0.29, 0.717) is 5.56 Å². The minimum Gasteiger partial charge on any atom is -0.468 e. The van der Waals surface area contributed by atoms with Gasteiger partial charge in [0.25, 0.3) is 0 Å². The van der Waals surface area contributed by atoms with Gasteiger partial charge in [-0.3, -0.25) is 0 Å². The maximum absolute atomic E-state index is 13.6. The Balaban J connectivity index is 2.07. The molecule has 0 spiro atoms. The fourth-order valence-electron chi connectivity index (χ4n) is 1.91. The molecule has 2 rings (SSSR count). The molecular weight excluding hydrogens is 217 g/mol. The average Bonchev–Trinajstić information content (AvgIpc) is 2.82. The fourth-order valence-corrected chi connectivity index (χ4v) is 1.91. The van der Waals surface area contributed by atoms with Crippen LogP contribution in [0.3, 0.4) is 0 Å². The molecule has 0 aliphatic carbocycles. The highest BCUT2D eigenvalue weighted by Gasteiger charge is 2.15. The van der Waals surface area contributed by atoms with Crippen LogP contribution in [0.25, 0.3) is 0 Å². The fraction of sp³-hybridized carbons (Fsp3) is 0.286. The van der Waals surface area contributed by atoms with Crippen LogP contribution in [0.15, 0.2) is 47.1 Å². The highest BCUT2D eigenvalue weighted by molar-refractivity contribution is 5.21. The van der Waals surface area contributed by atoms with Gasteiger partial charge in [-0.15, -0.1) is 0 Å². The summed E-state index contributed by atoms with van der Waals surface area (Å²) in [5.74, 6) is 0.673. The lowest BCUT2D eigenvalue weighted by Gasteiger charge is -2.19. The SMILES string of the molecule is CC(N[C@H](C)c1ccco1)c1ccccc1F. The number of benzene rings is 1. The summed E-state index contributed by atoms with van der Waals surface area (Å²) in [5, 5.41) is 3.31. The highest BCUT2D eigenvalue weighted by Crippen LogP contribution is 2.21. The third-order valence-corrected chi connectivity index (χ3v) is 2.84. The summed E-state index contributed by atoms with van der Waals surface area (Å²) in [4.78, 5) is 0. The number of nitrogens with one attached hydrogen (secondary N) is 1. The van der Waals surface area contributed by atoms with E-state index >= 15 is 0 Å². The van der Waals surface area contributed by atoms with E-state index in [1.54, 1.807) is 18.4 Å². The number of hydrogen-bond acceptors (Lipinski definition) is 2. The Morgan fingerprint density at radius 3 is 2.47 bits per heavy atom. The molecule has 0 saturated heterocycles. The zero-order chi connectivity index (χ0) is 12.3. The summed E-state index contributed by atoms with van der Waals surface area (Å²) >= 11 is 0. The van der Waals surface area contributed by atoms with Crippen LogP contribution in [0.4, 0.5) is 4.39 Å². The Morgan fingerprint density at radius 1 is 1.06 bits per heavy atom. The molecule has 0 fully saturated rings. The molecule has 0 radical (unpaired) electrons. The van der Waals surface area contributed by atoms with Crippen LogP contribution in [-0.2, 0) is 0 Å². The van der Waals surface area contributed by atoms with Crippen molar-refractivity contribution in [3.05, 3.63) is 59.8 Å². The minimum absolute atomic E-state index is 0.0552. The lowest BCUT2D eigenvalue weighted by atomic mass is 10.1. The van der Waals surface area contributed by atoms with E-state index in [1.165, 1.54) is 6.07 Å². The van der Waals surface area contributed by atoms with Crippen LogP contribution in [0.5, 0.6) is 0 Å². The second kappa shape index (κ2) is 5.15. The van der Waals surface area contributed by atoms with Gasteiger partial charge >= 0.3 is 0 Å². The van der Waals surface area contributed by atoms with Crippen molar-refractivity contribution in [3.8, 4) is 0 Å². The molecule has 2 nitrogen and oxygen atoms in total. The van der Waals surface area contributed by atoms with Crippen molar-refractivity contribution < 1.29 is 8.81 Å². The molecule has 17 heavy (non-hydrogen) atoms. The van der Waals surface area contributed by atoms with Crippen molar-refractivity contribution in [1.29, 1.82) is 0 Å². The normalized spacial score (nSPS) is 14.5. The second-order valence-electron chi connectivity index (χ2n) is 4.15. The first-order valence-corrected chi connectivity index (χ1v) is 5.72. The average molecular weight is 233 g/mol. The molecule has 0 aliphatic rings. The van der Waals surface area contributed by atoms with Gasteiger partial charge in [-0.05, 0) is 32.0 Å². The van der Waals surface area contributed by atoms with Gasteiger partial charge in [0, 0.05) is 11.6 Å². The van der Waals surface area contributed by atoms with Crippen molar-refractivity contribution in [1.82, 2.24) is 5.32 Å². The molecule has 3 heteroatoms. The van der Waals surface area contributed by atoms with E-state index in [1.807, 2.05) is 32.0 Å². The number of halogens is 1. The van der Waals surface area contributed by atoms with Gasteiger partial charge in [0.05, 0.1) is 12.3 Å². The lowest BCUT2D eigenvalue weighted by molar-refractivity contribution is 0.397. The Kier molecular flexibility index (Phi) is 3.59. The predicted octanol–water partition coefficient (Wildman–Crippen LogP) is 3.83. The third-order valence-electron chi connectivity index (χ3n) is 2.84. The molecule has 0 saturated carbocycles. The van der Waals surface area contributed by atoms with Crippen molar-refractivity contribution in [2.75, 3.05) is 0 Å². The first kappa shape index (κ1) is 11.9.